The lowest BCUT2D eigenvalue weighted by Crippen LogP contribution is -2.41. The van der Waals surface area contributed by atoms with Crippen molar-refractivity contribution in [1.29, 1.82) is 0 Å². The van der Waals surface area contributed by atoms with Gasteiger partial charge in [0, 0.05) is 16.6 Å². The molecular formula is C19H22BrN. The monoisotopic (exact) mass is 343 g/mol. The lowest BCUT2D eigenvalue weighted by molar-refractivity contribution is 0.271. The number of hydrogen-bond acceptors (Lipinski definition) is 1. The Bertz CT molecular complexity index is 616. The van der Waals surface area contributed by atoms with Crippen LogP contribution in [0.1, 0.15) is 48.4 Å². The minimum absolute atomic E-state index is 0.429. The fraction of sp³-hybridized carbons (Fsp3) is 0.368. The van der Waals surface area contributed by atoms with Crippen LogP contribution in [0.15, 0.2) is 53.0 Å². The first-order valence-corrected chi connectivity index (χ1v) is 8.49. The summed E-state index contributed by atoms with van der Waals surface area (Å²) in [4.78, 5) is 0. The first-order valence-electron chi connectivity index (χ1n) is 7.70. The van der Waals surface area contributed by atoms with Crippen molar-refractivity contribution in [3.05, 3.63) is 69.7 Å². The number of nitrogens with one attached hydrogen (secondary N) is 1. The molecule has 1 nitrogen and oxygen atoms in total. The van der Waals surface area contributed by atoms with Crippen LogP contribution < -0.4 is 5.32 Å². The summed E-state index contributed by atoms with van der Waals surface area (Å²) in [6.07, 6.45) is 2.49. The first kappa shape index (κ1) is 14.8. The normalized spacial score (nSPS) is 22.6. The fourth-order valence-corrected chi connectivity index (χ4v) is 3.59. The third kappa shape index (κ3) is 3.56. The van der Waals surface area contributed by atoms with E-state index in [-0.39, 0.29) is 0 Å². The van der Waals surface area contributed by atoms with E-state index in [0.717, 1.165) is 0 Å². The summed E-state index contributed by atoms with van der Waals surface area (Å²) in [5.74, 6) is 0.713. The average molecular weight is 344 g/mol. The Balaban J connectivity index is 1.55. The molecule has 0 amide bonds. The van der Waals surface area contributed by atoms with Gasteiger partial charge in [0.1, 0.15) is 0 Å². The van der Waals surface area contributed by atoms with Gasteiger partial charge in [-0.2, -0.15) is 0 Å². The van der Waals surface area contributed by atoms with Gasteiger partial charge in [-0.15, -0.1) is 0 Å². The Morgan fingerprint density at radius 2 is 1.86 bits per heavy atom. The molecule has 2 aromatic rings. The Labute approximate surface area is 135 Å². The molecule has 1 aliphatic rings. The quantitative estimate of drug-likeness (QED) is 0.788. The molecule has 0 heterocycles. The van der Waals surface area contributed by atoms with Crippen molar-refractivity contribution >= 4 is 15.9 Å². The van der Waals surface area contributed by atoms with Crippen LogP contribution in [-0.4, -0.2) is 6.04 Å². The van der Waals surface area contributed by atoms with Crippen molar-refractivity contribution in [2.24, 2.45) is 0 Å². The first-order chi connectivity index (χ1) is 10.1. The van der Waals surface area contributed by atoms with Crippen LogP contribution in [0.2, 0.25) is 0 Å². The van der Waals surface area contributed by atoms with Crippen molar-refractivity contribution in [2.75, 3.05) is 0 Å². The fourth-order valence-electron chi connectivity index (χ4n) is 3.18. The standard InChI is InChI=1S/C19H22BrN/c1-13-5-3-6-15(9-13)14(2)21-19-11-17(12-19)16-7-4-8-18(20)10-16/h3-10,14,17,19,21H,11-12H2,1-2H3/t14-,17?,19?/m1/s1. The van der Waals surface area contributed by atoms with Gasteiger partial charge in [0.2, 0.25) is 0 Å². The van der Waals surface area contributed by atoms with Crippen molar-refractivity contribution < 1.29 is 0 Å². The highest BCUT2D eigenvalue weighted by Crippen LogP contribution is 2.38. The van der Waals surface area contributed by atoms with Crippen LogP contribution in [-0.2, 0) is 0 Å². The molecule has 110 valence electrons. The topological polar surface area (TPSA) is 12.0 Å². The summed E-state index contributed by atoms with van der Waals surface area (Å²) in [6, 6.07) is 18.6. The van der Waals surface area contributed by atoms with E-state index < -0.39 is 0 Å². The zero-order chi connectivity index (χ0) is 14.8. The zero-order valence-corrected chi connectivity index (χ0v) is 14.2. The molecule has 1 aliphatic carbocycles. The van der Waals surface area contributed by atoms with E-state index in [1.165, 1.54) is 34.0 Å². The Morgan fingerprint density at radius 1 is 1.10 bits per heavy atom. The molecule has 1 saturated carbocycles. The molecule has 1 fully saturated rings. The molecular weight excluding hydrogens is 322 g/mol. The molecule has 0 aromatic heterocycles. The number of rotatable bonds is 4. The van der Waals surface area contributed by atoms with Crippen LogP contribution >= 0.6 is 15.9 Å². The van der Waals surface area contributed by atoms with Crippen LogP contribution in [0.3, 0.4) is 0 Å². The number of aryl methyl sites for hydroxylation is 1. The third-order valence-electron chi connectivity index (χ3n) is 4.49. The van der Waals surface area contributed by atoms with E-state index in [0.29, 0.717) is 18.0 Å². The number of halogens is 1. The van der Waals surface area contributed by atoms with Gasteiger partial charge in [0.15, 0.2) is 0 Å². The number of hydrogen-bond donors (Lipinski definition) is 1. The largest absolute Gasteiger partial charge is 0.307 e. The van der Waals surface area contributed by atoms with Crippen LogP contribution in [0, 0.1) is 6.92 Å². The van der Waals surface area contributed by atoms with Gasteiger partial charge in [0.05, 0.1) is 0 Å². The third-order valence-corrected chi connectivity index (χ3v) is 4.98. The van der Waals surface area contributed by atoms with E-state index in [1.807, 2.05) is 0 Å². The Hall–Kier alpha value is -1.12. The SMILES string of the molecule is Cc1cccc([C@@H](C)NC2CC(c3cccc(Br)c3)C2)c1. The maximum Gasteiger partial charge on any atom is 0.0294 e. The predicted molar refractivity (Wildman–Crippen MR) is 92.6 cm³/mol. The van der Waals surface area contributed by atoms with Gasteiger partial charge in [0.25, 0.3) is 0 Å². The Morgan fingerprint density at radius 3 is 2.57 bits per heavy atom. The van der Waals surface area contributed by atoms with Crippen LogP contribution in [0.5, 0.6) is 0 Å². The lowest BCUT2D eigenvalue weighted by Gasteiger charge is -2.38. The van der Waals surface area contributed by atoms with Crippen molar-refractivity contribution in [3.63, 3.8) is 0 Å². The summed E-state index contributed by atoms with van der Waals surface area (Å²) < 4.78 is 1.18. The van der Waals surface area contributed by atoms with Gasteiger partial charge in [-0.05, 0) is 55.9 Å². The summed E-state index contributed by atoms with van der Waals surface area (Å²) in [5, 5.41) is 3.76. The van der Waals surface area contributed by atoms with Gasteiger partial charge in [-0.25, -0.2) is 0 Å². The van der Waals surface area contributed by atoms with Crippen molar-refractivity contribution in [2.45, 2.75) is 44.7 Å². The van der Waals surface area contributed by atoms with Gasteiger partial charge >= 0.3 is 0 Å². The summed E-state index contributed by atoms with van der Waals surface area (Å²) >= 11 is 3.56. The highest BCUT2D eigenvalue weighted by atomic mass is 79.9. The molecule has 21 heavy (non-hydrogen) atoms. The second-order valence-electron chi connectivity index (χ2n) is 6.22. The summed E-state index contributed by atoms with van der Waals surface area (Å²) in [6.45, 7) is 4.42. The zero-order valence-electron chi connectivity index (χ0n) is 12.6. The molecule has 0 bridgehead atoms. The average Bonchev–Trinajstić information content (AvgIpc) is 2.42. The second kappa shape index (κ2) is 6.33. The van der Waals surface area contributed by atoms with E-state index >= 15 is 0 Å². The Kier molecular flexibility index (Phi) is 4.46. The van der Waals surface area contributed by atoms with E-state index in [1.54, 1.807) is 0 Å². The van der Waals surface area contributed by atoms with Gasteiger partial charge < -0.3 is 5.32 Å². The lowest BCUT2D eigenvalue weighted by atomic mass is 9.75. The van der Waals surface area contributed by atoms with Crippen molar-refractivity contribution in [3.8, 4) is 0 Å². The molecule has 2 heteroatoms. The molecule has 0 spiro atoms. The molecule has 0 unspecified atom stereocenters. The summed E-state index contributed by atoms with van der Waals surface area (Å²) in [7, 11) is 0. The maximum absolute atomic E-state index is 3.76. The summed E-state index contributed by atoms with van der Waals surface area (Å²) in [5.41, 5.74) is 4.19. The molecule has 3 rings (SSSR count). The van der Waals surface area contributed by atoms with Gasteiger partial charge in [-0.1, -0.05) is 57.9 Å². The van der Waals surface area contributed by atoms with Crippen molar-refractivity contribution in [1.82, 2.24) is 5.32 Å². The van der Waals surface area contributed by atoms with E-state index in [4.69, 9.17) is 0 Å². The minimum atomic E-state index is 0.429. The van der Waals surface area contributed by atoms with E-state index in [9.17, 15) is 0 Å². The molecule has 1 N–H and O–H groups in total. The van der Waals surface area contributed by atoms with Gasteiger partial charge in [-0.3, -0.25) is 0 Å². The highest BCUT2D eigenvalue weighted by molar-refractivity contribution is 9.10. The smallest absolute Gasteiger partial charge is 0.0294 e. The molecule has 0 radical (unpaired) electrons. The molecule has 0 aliphatic heterocycles. The number of benzene rings is 2. The van der Waals surface area contributed by atoms with Crippen LogP contribution in [0.4, 0.5) is 0 Å². The minimum Gasteiger partial charge on any atom is -0.307 e. The van der Waals surface area contributed by atoms with E-state index in [2.05, 4.69) is 83.6 Å². The highest BCUT2D eigenvalue weighted by Gasteiger charge is 2.31. The molecule has 2 aromatic carbocycles. The second-order valence-corrected chi connectivity index (χ2v) is 7.14. The van der Waals surface area contributed by atoms with Crippen LogP contribution in [0.25, 0.3) is 0 Å². The predicted octanol–water partition coefficient (Wildman–Crippen LogP) is 5.35. The molecule has 1 atom stereocenters. The molecule has 0 saturated heterocycles. The maximum atomic E-state index is 3.76.